The second kappa shape index (κ2) is 7.06. The van der Waals surface area contributed by atoms with Crippen LogP contribution in [0.4, 0.5) is 0 Å². The summed E-state index contributed by atoms with van der Waals surface area (Å²) < 4.78 is 0. The summed E-state index contributed by atoms with van der Waals surface area (Å²) >= 11 is 1.74. The lowest BCUT2D eigenvalue weighted by atomic mass is 9.95. The molecule has 2 N–H and O–H groups in total. The van der Waals surface area contributed by atoms with E-state index in [0.717, 1.165) is 19.4 Å². The number of nitrogens with one attached hydrogen (secondary N) is 2. The van der Waals surface area contributed by atoms with E-state index < -0.39 is 0 Å². The summed E-state index contributed by atoms with van der Waals surface area (Å²) in [7, 11) is 0. The quantitative estimate of drug-likeness (QED) is 0.870. The minimum Gasteiger partial charge on any atom is -0.352 e. The van der Waals surface area contributed by atoms with Crippen LogP contribution in [0.1, 0.15) is 49.5 Å². The van der Waals surface area contributed by atoms with Gasteiger partial charge in [0, 0.05) is 17.5 Å². The van der Waals surface area contributed by atoms with Gasteiger partial charge in [-0.1, -0.05) is 19.3 Å². The summed E-state index contributed by atoms with van der Waals surface area (Å²) in [5.41, 5.74) is 1.30. The van der Waals surface area contributed by atoms with Crippen molar-refractivity contribution in [1.82, 2.24) is 10.6 Å². The number of rotatable bonds is 5. The fourth-order valence-corrected chi connectivity index (χ4v) is 3.35. The topological polar surface area (TPSA) is 41.1 Å². The number of carbonyl (C=O) groups excluding carboxylic acids is 1. The first-order valence-corrected chi connectivity index (χ1v) is 8.11. The fourth-order valence-electron chi connectivity index (χ4n) is 2.50. The summed E-state index contributed by atoms with van der Waals surface area (Å²) in [5.74, 6) is 0.140. The van der Waals surface area contributed by atoms with E-state index in [1.165, 1.54) is 29.7 Å². The molecule has 1 aliphatic rings. The Morgan fingerprint density at radius 2 is 2.16 bits per heavy atom. The van der Waals surface area contributed by atoms with Gasteiger partial charge in [0.2, 0.25) is 5.91 Å². The SMILES string of the molecule is Cc1ccsc1CNC(C)C(=O)NC1CCCCC1. The van der Waals surface area contributed by atoms with Gasteiger partial charge in [-0.2, -0.15) is 0 Å². The monoisotopic (exact) mass is 280 g/mol. The minimum atomic E-state index is -0.122. The third-order valence-corrected chi connectivity index (χ3v) is 4.90. The molecule has 1 unspecified atom stereocenters. The summed E-state index contributed by atoms with van der Waals surface area (Å²) in [5, 5.41) is 8.58. The lowest BCUT2D eigenvalue weighted by Crippen LogP contribution is -2.46. The van der Waals surface area contributed by atoms with Crippen LogP contribution >= 0.6 is 11.3 Å². The van der Waals surface area contributed by atoms with Crippen molar-refractivity contribution in [1.29, 1.82) is 0 Å². The summed E-state index contributed by atoms with van der Waals surface area (Å²) in [6.45, 7) is 4.84. The third kappa shape index (κ3) is 4.32. The molecule has 106 valence electrons. The van der Waals surface area contributed by atoms with Gasteiger partial charge in [0.05, 0.1) is 6.04 Å². The molecule has 0 aliphatic heterocycles. The molecule has 3 nitrogen and oxygen atoms in total. The average molecular weight is 280 g/mol. The Balaban J connectivity index is 1.74. The molecule has 0 spiro atoms. The van der Waals surface area contributed by atoms with Crippen LogP contribution in [0.5, 0.6) is 0 Å². The van der Waals surface area contributed by atoms with Gasteiger partial charge < -0.3 is 10.6 Å². The molecule has 1 amide bonds. The molecule has 2 rings (SSSR count). The first-order chi connectivity index (χ1) is 9.16. The molecular weight excluding hydrogens is 256 g/mol. The van der Waals surface area contributed by atoms with Crippen molar-refractivity contribution in [2.45, 2.75) is 64.6 Å². The predicted molar refractivity (Wildman–Crippen MR) is 80.4 cm³/mol. The zero-order valence-electron chi connectivity index (χ0n) is 11.9. The van der Waals surface area contributed by atoms with Crippen molar-refractivity contribution < 1.29 is 4.79 Å². The van der Waals surface area contributed by atoms with Crippen LogP contribution in [0, 0.1) is 6.92 Å². The van der Waals surface area contributed by atoms with E-state index in [9.17, 15) is 4.79 Å². The highest BCUT2D eigenvalue weighted by atomic mass is 32.1. The second-order valence-electron chi connectivity index (χ2n) is 5.47. The van der Waals surface area contributed by atoms with Gasteiger partial charge in [0.15, 0.2) is 0 Å². The Labute approximate surface area is 119 Å². The van der Waals surface area contributed by atoms with Gasteiger partial charge in [-0.25, -0.2) is 0 Å². The van der Waals surface area contributed by atoms with Crippen LogP contribution < -0.4 is 10.6 Å². The summed E-state index contributed by atoms with van der Waals surface area (Å²) in [6, 6.07) is 2.39. The van der Waals surface area contributed by atoms with E-state index in [2.05, 4.69) is 29.0 Å². The fraction of sp³-hybridized carbons (Fsp3) is 0.667. The van der Waals surface area contributed by atoms with E-state index in [1.807, 2.05) is 6.92 Å². The average Bonchev–Trinajstić information content (AvgIpc) is 2.82. The Kier molecular flexibility index (Phi) is 5.40. The van der Waals surface area contributed by atoms with Crippen LogP contribution in [-0.2, 0) is 11.3 Å². The van der Waals surface area contributed by atoms with Crippen molar-refractivity contribution in [3.63, 3.8) is 0 Å². The second-order valence-corrected chi connectivity index (χ2v) is 6.47. The molecule has 0 saturated heterocycles. The van der Waals surface area contributed by atoms with Gasteiger partial charge in [-0.3, -0.25) is 4.79 Å². The smallest absolute Gasteiger partial charge is 0.237 e. The van der Waals surface area contributed by atoms with Crippen molar-refractivity contribution in [3.05, 3.63) is 21.9 Å². The highest BCUT2D eigenvalue weighted by molar-refractivity contribution is 7.10. The summed E-state index contributed by atoms with van der Waals surface area (Å²) in [6.07, 6.45) is 6.10. The molecule has 1 heterocycles. The van der Waals surface area contributed by atoms with Crippen LogP contribution in [0.25, 0.3) is 0 Å². The first kappa shape index (κ1) is 14.5. The molecule has 19 heavy (non-hydrogen) atoms. The van der Waals surface area contributed by atoms with Gasteiger partial charge in [-0.05, 0) is 43.7 Å². The molecule has 0 aromatic carbocycles. The molecule has 1 fully saturated rings. The number of hydrogen-bond acceptors (Lipinski definition) is 3. The van der Waals surface area contributed by atoms with Crippen molar-refractivity contribution in [2.24, 2.45) is 0 Å². The molecule has 0 bridgehead atoms. The number of amides is 1. The molecule has 1 atom stereocenters. The molecule has 1 aromatic rings. The zero-order chi connectivity index (χ0) is 13.7. The molecule has 4 heteroatoms. The van der Waals surface area contributed by atoms with Crippen LogP contribution in [-0.4, -0.2) is 18.0 Å². The van der Waals surface area contributed by atoms with Crippen LogP contribution in [0.3, 0.4) is 0 Å². The first-order valence-electron chi connectivity index (χ1n) is 7.23. The van der Waals surface area contributed by atoms with Crippen LogP contribution in [0.2, 0.25) is 0 Å². The Hall–Kier alpha value is -0.870. The lowest BCUT2D eigenvalue weighted by Gasteiger charge is -2.24. The van der Waals surface area contributed by atoms with Gasteiger partial charge in [0.25, 0.3) is 0 Å². The van der Waals surface area contributed by atoms with Crippen LogP contribution in [0.15, 0.2) is 11.4 Å². The highest BCUT2D eigenvalue weighted by Gasteiger charge is 2.19. The predicted octanol–water partition coefficient (Wildman–Crippen LogP) is 2.98. The molecule has 1 saturated carbocycles. The third-order valence-electron chi connectivity index (χ3n) is 3.88. The van der Waals surface area contributed by atoms with E-state index in [0.29, 0.717) is 6.04 Å². The van der Waals surface area contributed by atoms with E-state index in [1.54, 1.807) is 11.3 Å². The Bertz CT molecular complexity index is 410. The van der Waals surface area contributed by atoms with Gasteiger partial charge >= 0.3 is 0 Å². The maximum Gasteiger partial charge on any atom is 0.237 e. The highest BCUT2D eigenvalue weighted by Crippen LogP contribution is 2.17. The Morgan fingerprint density at radius 3 is 2.79 bits per heavy atom. The van der Waals surface area contributed by atoms with E-state index in [-0.39, 0.29) is 11.9 Å². The van der Waals surface area contributed by atoms with Gasteiger partial charge in [0.1, 0.15) is 0 Å². The number of hydrogen-bond donors (Lipinski definition) is 2. The van der Waals surface area contributed by atoms with E-state index in [4.69, 9.17) is 0 Å². The standard InChI is InChI=1S/C15H24N2OS/c1-11-8-9-19-14(11)10-16-12(2)15(18)17-13-6-4-3-5-7-13/h8-9,12-13,16H,3-7,10H2,1-2H3,(H,17,18). The Morgan fingerprint density at radius 1 is 1.42 bits per heavy atom. The van der Waals surface area contributed by atoms with E-state index >= 15 is 0 Å². The maximum atomic E-state index is 12.1. The van der Waals surface area contributed by atoms with Crippen molar-refractivity contribution in [3.8, 4) is 0 Å². The van der Waals surface area contributed by atoms with Gasteiger partial charge in [-0.15, -0.1) is 11.3 Å². The minimum absolute atomic E-state index is 0.122. The largest absolute Gasteiger partial charge is 0.352 e. The molecule has 1 aliphatic carbocycles. The lowest BCUT2D eigenvalue weighted by molar-refractivity contribution is -0.123. The van der Waals surface area contributed by atoms with Crippen molar-refractivity contribution in [2.75, 3.05) is 0 Å². The summed E-state index contributed by atoms with van der Waals surface area (Å²) in [4.78, 5) is 13.4. The number of aryl methyl sites for hydroxylation is 1. The number of thiophene rings is 1. The van der Waals surface area contributed by atoms with Crippen molar-refractivity contribution >= 4 is 17.2 Å². The molecule has 0 radical (unpaired) electrons. The zero-order valence-corrected chi connectivity index (χ0v) is 12.7. The molecular formula is C15H24N2OS. The maximum absolute atomic E-state index is 12.1. The number of carbonyl (C=O) groups is 1. The normalized spacial score (nSPS) is 18.2. The molecule has 1 aromatic heterocycles.